The Morgan fingerprint density at radius 1 is 1.32 bits per heavy atom. The van der Waals surface area contributed by atoms with Crippen LogP contribution in [-0.4, -0.2) is 17.6 Å². The van der Waals surface area contributed by atoms with E-state index in [1.54, 1.807) is 6.20 Å². The fraction of sp³-hybridized carbons (Fsp3) is 0.500. The fourth-order valence-corrected chi connectivity index (χ4v) is 3.38. The van der Waals surface area contributed by atoms with Crippen LogP contribution in [0, 0.1) is 5.41 Å². The Morgan fingerprint density at radius 3 is 2.63 bits per heavy atom. The number of nitrogens with zero attached hydrogens (tertiary/aromatic N) is 1. The van der Waals surface area contributed by atoms with E-state index in [1.165, 1.54) is 5.56 Å². The summed E-state index contributed by atoms with van der Waals surface area (Å²) >= 11 is 0. The van der Waals surface area contributed by atoms with Gasteiger partial charge < -0.3 is 4.74 Å². The number of hydrogen-bond acceptors (Lipinski definition) is 3. The number of fused-ring (bicyclic) bond motifs is 2. The highest BCUT2D eigenvalue weighted by molar-refractivity contribution is 5.80. The number of pyridine rings is 1. The van der Waals surface area contributed by atoms with Crippen molar-refractivity contribution in [2.45, 2.75) is 38.0 Å². The molecule has 3 aliphatic carbocycles. The summed E-state index contributed by atoms with van der Waals surface area (Å²) < 4.78 is 5.24. The molecule has 0 spiro atoms. The third-order valence-corrected chi connectivity index (χ3v) is 4.67. The van der Waals surface area contributed by atoms with Crippen LogP contribution in [0.5, 0.6) is 0 Å². The summed E-state index contributed by atoms with van der Waals surface area (Å²) in [6.07, 6.45) is 11.8. The van der Waals surface area contributed by atoms with Gasteiger partial charge in [0.25, 0.3) is 0 Å². The van der Waals surface area contributed by atoms with Crippen LogP contribution >= 0.6 is 0 Å². The van der Waals surface area contributed by atoms with Crippen LogP contribution in [0.25, 0.3) is 0 Å². The van der Waals surface area contributed by atoms with E-state index in [0.717, 1.165) is 25.7 Å². The van der Waals surface area contributed by atoms with Crippen molar-refractivity contribution in [3.8, 4) is 0 Å². The van der Waals surface area contributed by atoms with Crippen LogP contribution in [-0.2, 0) is 14.9 Å². The first-order valence-corrected chi connectivity index (χ1v) is 6.99. The average Bonchev–Trinajstić information content (AvgIpc) is 2.50. The highest BCUT2D eigenvalue weighted by Gasteiger charge is 2.50. The lowest BCUT2D eigenvalue weighted by Gasteiger charge is -2.47. The molecule has 1 aromatic rings. The van der Waals surface area contributed by atoms with Crippen molar-refractivity contribution in [3.63, 3.8) is 0 Å². The van der Waals surface area contributed by atoms with E-state index in [4.69, 9.17) is 4.74 Å². The van der Waals surface area contributed by atoms with Gasteiger partial charge in [-0.1, -0.05) is 18.2 Å². The summed E-state index contributed by atoms with van der Waals surface area (Å²) in [6, 6.07) is 4.12. The van der Waals surface area contributed by atoms with Gasteiger partial charge in [-0.2, -0.15) is 0 Å². The lowest BCUT2D eigenvalue weighted by atomic mass is 9.56. The maximum atomic E-state index is 12.1. The molecule has 2 bridgehead atoms. The number of esters is 1. The highest BCUT2D eigenvalue weighted by atomic mass is 16.5. The van der Waals surface area contributed by atoms with Gasteiger partial charge in [0, 0.05) is 17.8 Å². The summed E-state index contributed by atoms with van der Waals surface area (Å²) in [4.78, 5) is 16.4. The molecule has 4 rings (SSSR count). The molecule has 1 fully saturated rings. The number of rotatable bonds is 3. The Hall–Kier alpha value is -1.64. The second kappa shape index (κ2) is 4.48. The molecule has 0 N–H and O–H groups in total. The van der Waals surface area contributed by atoms with E-state index in [-0.39, 0.29) is 16.8 Å². The third kappa shape index (κ3) is 1.88. The van der Waals surface area contributed by atoms with Crippen molar-refractivity contribution in [2.75, 3.05) is 6.61 Å². The summed E-state index contributed by atoms with van der Waals surface area (Å²) in [5.41, 5.74) is 0.992. The topological polar surface area (TPSA) is 39.2 Å². The molecule has 19 heavy (non-hydrogen) atoms. The Kier molecular flexibility index (Phi) is 2.92. The molecule has 0 aliphatic heterocycles. The van der Waals surface area contributed by atoms with Crippen molar-refractivity contribution in [1.82, 2.24) is 4.98 Å². The highest BCUT2D eigenvalue weighted by Crippen LogP contribution is 2.53. The van der Waals surface area contributed by atoms with Gasteiger partial charge in [-0.15, -0.1) is 0 Å². The van der Waals surface area contributed by atoms with Gasteiger partial charge in [0.15, 0.2) is 0 Å². The van der Waals surface area contributed by atoms with Gasteiger partial charge >= 0.3 is 5.97 Å². The molecule has 3 heteroatoms. The lowest BCUT2D eigenvalue weighted by Crippen LogP contribution is -2.44. The summed E-state index contributed by atoms with van der Waals surface area (Å²) in [5.74, 6) is -0.0502. The maximum Gasteiger partial charge on any atom is 0.315 e. The second-order valence-electron chi connectivity index (χ2n) is 5.61. The Morgan fingerprint density at radius 2 is 2.11 bits per heavy atom. The standard InChI is InChI=1S/C16H19NO2/c1-2-19-14(18)16-8-5-15(6-9-16,7-10-16)13-4-3-11-17-12-13/h3-5,8,11-12H,2,6-7,9-10H2,1H3. The van der Waals surface area contributed by atoms with Gasteiger partial charge in [-0.3, -0.25) is 9.78 Å². The zero-order valence-corrected chi connectivity index (χ0v) is 11.3. The minimum Gasteiger partial charge on any atom is -0.465 e. The number of aromatic nitrogens is 1. The third-order valence-electron chi connectivity index (χ3n) is 4.67. The zero-order chi connectivity index (χ0) is 13.3. The first-order chi connectivity index (χ1) is 9.21. The van der Waals surface area contributed by atoms with Gasteiger partial charge in [-0.25, -0.2) is 0 Å². The van der Waals surface area contributed by atoms with Crippen molar-refractivity contribution in [1.29, 1.82) is 0 Å². The molecule has 0 aromatic carbocycles. The molecule has 0 saturated heterocycles. The van der Waals surface area contributed by atoms with Crippen LogP contribution in [0.4, 0.5) is 0 Å². The predicted molar refractivity (Wildman–Crippen MR) is 72.6 cm³/mol. The summed E-state index contributed by atoms with van der Waals surface area (Å²) in [5, 5.41) is 0. The first-order valence-electron chi connectivity index (χ1n) is 6.99. The summed E-state index contributed by atoms with van der Waals surface area (Å²) in [7, 11) is 0. The van der Waals surface area contributed by atoms with Crippen LogP contribution in [0.15, 0.2) is 36.7 Å². The Labute approximate surface area is 113 Å². The second-order valence-corrected chi connectivity index (χ2v) is 5.61. The quantitative estimate of drug-likeness (QED) is 0.617. The smallest absolute Gasteiger partial charge is 0.315 e. The van der Waals surface area contributed by atoms with Gasteiger partial charge in [0.2, 0.25) is 0 Å². The van der Waals surface area contributed by atoms with Crippen LogP contribution in [0.2, 0.25) is 0 Å². The largest absolute Gasteiger partial charge is 0.465 e. The molecular weight excluding hydrogens is 238 g/mol. The normalized spacial score (nSPS) is 32.3. The number of carbonyl (C=O) groups excluding carboxylic acids is 1. The van der Waals surface area contributed by atoms with E-state index < -0.39 is 0 Å². The molecule has 3 aliphatic rings. The minimum atomic E-state index is -0.361. The van der Waals surface area contributed by atoms with Crippen molar-refractivity contribution in [2.24, 2.45) is 5.41 Å². The van der Waals surface area contributed by atoms with E-state index in [1.807, 2.05) is 19.2 Å². The van der Waals surface area contributed by atoms with Crippen LogP contribution < -0.4 is 0 Å². The monoisotopic (exact) mass is 257 g/mol. The Balaban J connectivity index is 1.90. The molecule has 0 amide bonds. The van der Waals surface area contributed by atoms with E-state index in [9.17, 15) is 4.79 Å². The predicted octanol–water partition coefficient (Wildman–Crippen LogP) is 3.01. The number of allylic oxidation sites excluding steroid dienone is 1. The minimum absolute atomic E-state index is 0.0502. The molecule has 100 valence electrons. The Bertz CT molecular complexity index is 499. The van der Waals surface area contributed by atoms with Crippen LogP contribution in [0.3, 0.4) is 0 Å². The number of carbonyl (C=O) groups is 1. The van der Waals surface area contributed by atoms with Crippen LogP contribution in [0.1, 0.15) is 38.2 Å². The molecule has 1 heterocycles. The SMILES string of the molecule is CCOC(=O)C12C=CC(c3cccnc3)(CC1)CC2. The first kappa shape index (κ1) is 12.4. The maximum absolute atomic E-state index is 12.1. The lowest BCUT2D eigenvalue weighted by molar-refractivity contribution is -0.155. The fourth-order valence-electron chi connectivity index (χ4n) is 3.38. The van der Waals surface area contributed by atoms with Crippen molar-refractivity contribution < 1.29 is 9.53 Å². The molecule has 1 saturated carbocycles. The van der Waals surface area contributed by atoms with E-state index in [2.05, 4.69) is 23.2 Å². The average molecular weight is 257 g/mol. The summed E-state index contributed by atoms with van der Waals surface area (Å²) in [6.45, 7) is 2.33. The molecule has 0 unspecified atom stereocenters. The molecule has 0 radical (unpaired) electrons. The van der Waals surface area contributed by atoms with Gasteiger partial charge in [0.1, 0.15) is 0 Å². The van der Waals surface area contributed by atoms with E-state index >= 15 is 0 Å². The molecule has 3 nitrogen and oxygen atoms in total. The van der Waals surface area contributed by atoms with Gasteiger partial charge in [0.05, 0.1) is 12.0 Å². The molecule has 1 aromatic heterocycles. The molecule has 0 atom stereocenters. The number of hydrogen-bond donors (Lipinski definition) is 0. The van der Waals surface area contributed by atoms with E-state index in [0.29, 0.717) is 6.61 Å². The molecular formula is C16H19NO2. The van der Waals surface area contributed by atoms with Crippen molar-refractivity contribution in [3.05, 3.63) is 42.2 Å². The zero-order valence-electron chi connectivity index (χ0n) is 11.3. The number of ether oxygens (including phenoxy) is 1. The van der Waals surface area contributed by atoms with Gasteiger partial charge in [-0.05, 0) is 44.2 Å². The van der Waals surface area contributed by atoms with Crippen molar-refractivity contribution >= 4 is 5.97 Å².